The van der Waals surface area contributed by atoms with Gasteiger partial charge in [-0.1, -0.05) is 30.3 Å². The molecule has 2 unspecified atom stereocenters. The third-order valence-electron chi connectivity index (χ3n) is 4.32. The van der Waals surface area contributed by atoms with E-state index in [1.807, 2.05) is 0 Å². The number of Topliss-reactive ketones (excluding diaryl/α,β-unsaturated/α-hetero) is 1. The molecule has 0 radical (unpaired) electrons. The van der Waals surface area contributed by atoms with Crippen molar-refractivity contribution in [2.45, 2.75) is 30.9 Å². The summed E-state index contributed by atoms with van der Waals surface area (Å²) in [6, 6.07) is 9.53. The van der Waals surface area contributed by atoms with Crippen molar-refractivity contribution in [1.82, 2.24) is 5.32 Å². The number of cyclic esters (lactones) is 1. The van der Waals surface area contributed by atoms with E-state index in [1.54, 1.807) is 0 Å². The lowest BCUT2D eigenvalue weighted by molar-refractivity contribution is -0.0958. The van der Waals surface area contributed by atoms with E-state index >= 15 is 0 Å². The zero-order valence-corrected chi connectivity index (χ0v) is 14.2. The first-order valence-corrected chi connectivity index (χ1v) is 8.21. The van der Waals surface area contributed by atoms with Crippen LogP contribution in [0.3, 0.4) is 0 Å². The first kappa shape index (κ1) is 19.8. The number of benzene rings is 2. The average Bonchev–Trinajstić information content (AvgIpc) is 3.02. The van der Waals surface area contributed by atoms with Crippen molar-refractivity contribution in [2.75, 3.05) is 0 Å². The molecule has 1 N–H and O–H groups in total. The highest BCUT2D eigenvalue weighted by Gasteiger charge is 2.49. The first-order chi connectivity index (χ1) is 13.2. The molecule has 0 aliphatic carbocycles. The van der Waals surface area contributed by atoms with Crippen LogP contribution in [-0.4, -0.2) is 30.3 Å². The van der Waals surface area contributed by atoms with Crippen LogP contribution in [0.1, 0.15) is 27.6 Å². The molecule has 2 aromatic rings. The van der Waals surface area contributed by atoms with Crippen molar-refractivity contribution >= 4 is 11.9 Å². The van der Waals surface area contributed by atoms with E-state index in [-0.39, 0.29) is 6.42 Å². The molecular formula is C19H14F5NO3. The molecule has 1 amide bonds. The summed E-state index contributed by atoms with van der Waals surface area (Å²) in [4.78, 5) is 23.3. The Labute approximate surface area is 156 Å². The number of nitrogens with one attached hydrogen (secondary N) is 1. The topological polar surface area (TPSA) is 55.4 Å². The summed E-state index contributed by atoms with van der Waals surface area (Å²) in [7, 11) is 0. The number of alkyl carbamates (subject to hydrolysis) is 1. The molecule has 2 aromatic carbocycles. The van der Waals surface area contributed by atoms with Crippen molar-refractivity contribution in [3.05, 3.63) is 71.0 Å². The van der Waals surface area contributed by atoms with Gasteiger partial charge in [0.05, 0.1) is 6.04 Å². The Morgan fingerprint density at radius 2 is 1.82 bits per heavy atom. The number of ketones is 1. The standard InChI is InChI=1S/C19H14F5NO3/c20-13-6-4-11(5-7-13)15-14(25-18(27)28-15)9-10-2-1-3-12(8-10)16(26)19(23,24)17(21)22/h1-8,14-15,17H,9H2,(H,25,27). The smallest absolute Gasteiger partial charge is 0.408 e. The SMILES string of the molecule is O=C1NC(Cc2cccc(C(=O)C(F)(F)C(F)F)c2)C(c2ccc(F)cc2)O1. The highest BCUT2D eigenvalue weighted by molar-refractivity contribution is 6.01. The number of hydrogen-bond acceptors (Lipinski definition) is 3. The summed E-state index contributed by atoms with van der Waals surface area (Å²) in [6.07, 6.45) is -5.52. The summed E-state index contributed by atoms with van der Waals surface area (Å²) < 4.78 is 69.8. The van der Waals surface area contributed by atoms with E-state index < -0.39 is 47.8 Å². The van der Waals surface area contributed by atoms with Crippen LogP contribution in [0.25, 0.3) is 0 Å². The molecule has 2 atom stereocenters. The fourth-order valence-corrected chi connectivity index (χ4v) is 2.95. The van der Waals surface area contributed by atoms with E-state index in [2.05, 4.69) is 5.32 Å². The maximum atomic E-state index is 13.3. The Hall–Kier alpha value is -2.97. The van der Waals surface area contributed by atoms with E-state index in [4.69, 9.17) is 4.74 Å². The molecule has 0 bridgehead atoms. The van der Waals surface area contributed by atoms with Gasteiger partial charge in [-0.2, -0.15) is 8.78 Å². The van der Waals surface area contributed by atoms with Gasteiger partial charge in [-0.25, -0.2) is 18.0 Å². The van der Waals surface area contributed by atoms with Gasteiger partial charge >= 0.3 is 18.4 Å². The number of amides is 1. The summed E-state index contributed by atoms with van der Waals surface area (Å²) in [6.45, 7) is 0. The number of halogens is 5. The maximum absolute atomic E-state index is 13.3. The van der Waals surface area contributed by atoms with E-state index in [1.165, 1.54) is 36.4 Å². The minimum Gasteiger partial charge on any atom is -0.439 e. The zero-order chi connectivity index (χ0) is 20.5. The second-order valence-corrected chi connectivity index (χ2v) is 6.29. The molecule has 28 heavy (non-hydrogen) atoms. The van der Waals surface area contributed by atoms with Crippen molar-refractivity contribution in [2.24, 2.45) is 0 Å². The number of alkyl halides is 4. The van der Waals surface area contributed by atoms with Gasteiger partial charge < -0.3 is 10.1 Å². The lowest BCUT2D eigenvalue weighted by Gasteiger charge is -2.18. The van der Waals surface area contributed by atoms with Gasteiger partial charge in [-0.15, -0.1) is 0 Å². The van der Waals surface area contributed by atoms with Crippen LogP contribution in [0.5, 0.6) is 0 Å². The van der Waals surface area contributed by atoms with Crippen LogP contribution in [-0.2, 0) is 11.2 Å². The zero-order valence-electron chi connectivity index (χ0n) is 14.2. The van der Waals surface area contributed by atoms with E-state index in [0.29, 0.717) is 11.1 Å². The Balaban J connectivity index is 1.82. The number of carbonyl (C=O) groups excluding carboxylic acids is 2. The van der Waals surface area contributed by atoms with Crippen LogP contribution in [0.4, 0.5) is 26.7 Å². The summed E-state index contributed by atoms with van der Waals surface area (Å²) in [5.41, 5.74) is 0.311. The fourth-order valence-electron chi connectivity index (χ4n) is 2.95. The molecule has 1 heterocycles. The minimum absolute atomic E-state index is 0.0785. The second kappa shape index (κ2) is 7.57. The van der Waals surface area contributed by atoms with Crippen LogP contribution < -0.4 is 5.32 Å². The summed E-state index contributed by atoms with van der Waals surface area (Å²) in [5, 5.41) is 2.55. The predicted molar refractivity (Wildman–Crippen MR) is 88.0 cm³/mol. The van der Waals surface area contributed by atoms with Crippen molar-refractivity contribution < 1.29 is 36.3 Å². The minimum atomic E-state index is -4.79. The molecular weight excluding hydrogens is 385 g/mol. The number of carbonyl (C=O) groups is 2. The van der Waals surface area contributed by atoms with Crippen LogP contribution in [0, 0.1) is 5.82 Å². The predicted octanol–water partition coefficient (Wildman–Crippen LogP) is 4.30. The van der Waals surface area contributed by atoms with E-state index in [0.717, 1.165) is 12.1 Å². The normalized spacial score (nSPS) is 19.4. The number of hydrogen-bond donors (Lipinski definition) is 1. The molecule has 1 saturated heterocycles. The van der Waals surface area contributed by atoms with Gasteiger partial charge in [-0.3, -0.25) is 4.79 Å². The molecule has 1 aliphatic rings. The number of rotatable bonds is 6. The third kappa shape index (κ3) is 3.97. The van der Waals surface area contributed by atoms with Gasteiger partial charge in [0.25, 0.3) is 0 Å². The molecule has 4 nitrogen and oxygen atoms in total. The average molecular weight is 399 g/mol. The lowest BCUT2D eigenvalue weighted by Crippen LogP contribution is -2.36. The Bertz CT molecular complexity index is 885. The number of ether oxygens (including phenoxy) is 1. The molecule has 1 fully saturated rings. The largest absolute Gasteiger partial charge is 0.439 e. The van der Waals surface area contributed by atoms with Gasteiger partial charge in [0, 0.05) is 5.56 Å². The quantitative estimate of drug-likeness (QED) is 0.582. The Kier molecular flexibility index (Phi) is 5.35. The van der Waals surface area contributed by atoms with E-state index in [9.17, 15) is 31.5 Å². The van der Waals surface area contributed by atoms with Gasteiger partial charge in [0.1, 0.15) is 11.9 Å². The summed E-state index contributed by atoms with van der Waals surface area (Å²) in [5.74, 6) is -7.24. The Morgan fingerprint density at radius 1 is 1.14 bits per heavy atom. The first-order valence-electron chi connectivity index (χ1n) is 8.21. The van der Waals surface area contributed by atoms with Gasteiger partial charge in [0.2, 0.25) is 5.78 Å². The highest BCUT2D eigenvalue weighted by Crippen LogP contribution is 2.30. The molecule has 3 rings (SSSR count). The molecule has 9 heteroatoms. The molecule has 1 aliphatic heterocycles. The van der Waals surface area contributed by atoms with Crippen LogP contribution in [0.2, 0.25) is 0 Å². The second-order valence-electron chi connectivity index (χ2n) is 6.29. The monoisotopic (exact) mass is 399 g/mol. The fraction of sp³-hybridized carbons (Fsp3) is 0.263. The molecule has 0 aromatic heterocycles. The molecule has 0 spiro atoms. The maximum Gasteiger partial charge on any atom is 0.408 e. The Morgan fingerprint density at radius 3 is 2.46 bits per heavy atom. The van der Waals surface area contributed by atoms with Crippen molar-refractivity contribution in [3.8, 4) is 0 Å². The van der Waals surface area contributed by atoms with Gasteiger partial charge in [-0.05, 0) is 35.7 Å². The van der Waals surface area contributed by atoms with Crippen molar-refractivity contribution in [3.63, 3.8) is 0 Å². The lowest BCUT2D eigenvalue weighted by atomic mass is 9.95. The molecule has 0 saturated carbocycles. The van der Waals surface area contributed by atoms with Gasteiger partial charge in [0.15, 0.2) is 0 Å². The third-order valence-corrected chi connectivity index (χ3v) is 4.32. The van der Waals surface area contributed by atoms with Crippen molar-refractivity contribution in [1.29, 1.82) is 0 Å². The highest BCUT2D eigenvalue weighted by atomic mass is 19.3. The van der Waals surface area contributed by atoms with Crippen LogP contribution in [0.15, 0.2) is 48.5 Å². The van der Waals surface area contributed by atoms with Crippen LogP contribution >= 0.6 is 0 Å². The summed E-state index contributed by atoms with van der Waals surface area (Å²) >= 11 is 0. The molecule has 148 valence electrons.